The maximum absolute atomic E-state index is 11.6. The highest BCUT2D eigenvalue weighted by atomic mass is 16.6. The first-order valence-electron chi connectivity index (χ1n) is 6.95. The van der Waals surface area contributed by atoms with Crippen molar-refractivity contribution >= 4 is 6.09 Å². The second-order valence-electron chi connectivity index (χ2n) is 6.19. The minimum absolute atomic E-state index is 0.172. The van der Waals surface area contributed by atoms with Crippen molar-refractivity contribution in [1.82, 2.24) is 20.6 Å². The van der Waals surface area contributed by atoms with Crippen LogP contribution in [0.5, 0.6) is 0 Å². The molecule has 1 atom stereocenters. The summed E-state index contributed by atoms with van der Waals surface area (Å²) in [5, 5.41) is 6.20. The van der Waals surface area contributed by atoms with Crippen molar-refractivity contribution in [2.45, 2.75) is 52.8 Å². The van der Waals surface area contributed by atoms with E-state index in [1.165, 1.54) is 0 Å². The molecule has 1 aromatic rings. The summed E-state index contributed by atoms with van der Waals surface area (Å²) in [5.41, 5.74) is 0.550. The Bertz CT molecular complexity index is 396. The third-order valence-electron chi connectivity index (χ3n) is 2.78. The SMILES string of the molecule is CC(C)C(CNC(=O)OC(C)(C)C)NCc1cnc[nH]1. The summed E-state index contributed by atoms with van der Waals surface area (Å²) >= 11 is 0. The minimum atomic E-state index is -0.471. The molecule has 0 aliphatic heterocycles. The summed E-state index contributed by atoms with van der Waals surface area (Å²) in [5.74, 6) is 0.396. The van der Waals surface area contributed by atoms with Crippen molar-refractivity contribution in [3.63, 3.8) is 0 Å². The van der Waals surface area contributed by atoms with Crippen LogP contribution in [-0.4, -0.2) is 34.2 Å². The molecule has 1 unspecified atom stereocenters. The number of hydrogen-bond donors (Lipinski definition) is 3. The molecular weight excluding hydrogens is 256 g/mol. The summed E-state index contributed by atoms with van der Waals surface area (Å²) in [6.07, 6.45) is 3.05. The van der Waals surface area contributed by atoms with Crippen LogP contribution in [0.3, 0.4) is 0 Å². The third kappa shape index (κ3) is 6.56. The van der Waals surface area contributed by atoms with Crippen LogP contribution in [0.1, 0.15) is 40.3 Å². The zero-order valence-corrected chi connectivity index (χ0v) is 13.0. The molecule has 0 aliphatic carbocycles. The average molecular weight is 282 g/mol. The Morgan fingerprint density at radius 2 is 2.15 bits per heavy atom. The van der Waals surface area contributed by atoms with Crippen LogP contribution in [0.2, 0.25) is 0 Å². The lowest BCUT2D eigenvalue weighted by atomic mass is 10.0. The lowest BCUT2D eigenvalue weighted by Crippen LogP contribution is -2.45. The zero-order valence-electron chi connectivity index (χ0n) is 13.0. The van der Waals surface area contributed by atoms with Crippen LogP contribution in [0.25, 0.3) is 0 Å². The van der Waals surface area contributed by atoms with Gasteiger partial charge in [0.2, 0.25) is 0 Å². The summed E-state index contributed by atoms with van der Waals surface area (Å²) in [6.45, 7) is 11.0. The topological polar surface area (TPSA) is 79.0 Å². The Balaban J connectivity index is 2.37. The Hall–Kier alpha value is -1.56. The molecule has 0 saturated heterocycles. The number of nitrogens with one attached hydrogen (secondary N) is 3. The first kappa shape index (κ1) is 16.5. The number of aromatic nitrogens is 2. The van der Waals surface area contributed by atoms with E-state index in [0.717, 1.165) is 5.69 Å². The zero-order chi connectivity index (χ0) is 15.2. The van der Waals surface area contributed by atoms with E-state index in [1.807, 2.05) is 20.8 Å². The number of H-pyrrole nitrogens is 1. The van der Waals surface area contributed by atoms with E-state index in [2.05, 4.69) is 34.4 Å². The summed E-state index contributed by atoms with van der Waals surface area (Å²) < 4.78 is 5.22. The Morgan fingerprint density at radius 3 is 2.65 bits per heavy atom. The maximum Gasteiger partial charge on any atom is 0.407 e. The van der Waals surface area contributed by atoms with Gasteiger partial charge in [-0.2, -0.15) is 0 Å². The fraction of sp³-hybridized carbons (Fsp3) is 0.714. The molecule has 0 radical (unpaired) electrons. The van der Waals surface area contributed by atoms with Gasteiger partial charge >= 0.3 is 6.09 Å². The standard InChI is InChI=1S/C14H26N4O2/c1-10(2)12(16-7-11-6-15-9-18-11)8-17-13(19)20-14(3,4)5/h6,9-10,12,16H,7-8H2,1-5H3,(H,15,18)(H,17,19). The van der Waals surface area contributed by atoms with Crippen molar-refractivity contribution in [3.05, 3.63) is 18.2 Å². The predicted octanol–water partition coefficient (Wildman–Crippen LogP) is 2.05. The van der Waals surface area contributed by atoms with Crippen molar-refractivity contribution in [2.75, 3.05) is 6.54 Å². The minimum Gasteiger partial charge on any atom is -0.444 e. The molecule has 1 heterocycles. The lowest BCUT2D eigenvalue weighted by Gasteiger charge is -2.24. The molecule has 0 aliphatic rings. The van der Waals surface area contributed by atoms with Gasteiger partial charge in [-0.15, -0.1) is 0 Å². The van der Waals surface area contributed by atoms with E-state index in [0.29, 0.717) is 19.0 Å². The fourth-order valence-corrected chi connectivity index (χ4v) is 1.67. The number of aromatic amines is 1. The van der Waals surface area contributed by atoms with Gasteiger partial charge in [0.25, 0.3) is 0 Å². The number of alkyl carbamates (subject to hydrolysis) is 1. The molecule has 6 heteroatoms. The molecule has 20 heavy (non-hydrogen) atoms. The van der Waals surface area contributed by atoms with E-state index < -0.39 is 5.60 Å². The normalized spacial score (nSPS) is 13.3. The number of ether oxygens (including phenoxy) is 1. The van der Waals surface area contributed by atoms with Crippen molar-refractivity contribution in [1.29, 1.82) is 0 Å². The van der Waals surface area contributed by atoms with Gasteiger partial charge in [0.1, 0.15) is 5.60 Å². The van der Waals surface area contributed by atoms with Gasteiger partial charge in [0.05, 0.1) is 6.33 Å². The van der Waals surface area contributed by atoms with E-state index in [9.17, 15) is 4.79 Å². The molecule has 0 bridgehead atoms. The van der Waals surface area contributed by atoms with Crippen molar-refractivity contribution < 1.29 is 9.53 Å². The monoisotopic (exact) mass is 282 g/mol. The fourth-order valence-electron chi connectivity index (χ4n) is 1.67. The molecule has 1 aromatic heterocycles. The Kier molecular flexibility index (Phi) is 6.01. The summed E-state index contributed by atoms with van der Waals surface area (Å²) in [6, 6.07) is 0.172. The third-order valence-corrected chi connectivity index (χ3v) is 2.78. The van der Waals surface area contributed by atoms with Gasteiger partial charge in [-0.3, -0.25) is 0 Å². The van der Waals surface area contributed by atoms with Crippen molar-refractivity contribution in [3.8, 4) is 0 Å². The van der Waals surface area contributed by atoms with Crippen LogP contribution in [0.15, 0.2) is 12.5 Å². The molecule has 3 N–H and O–H groups in total. The predicted molar refractivity (Wildman–Crippen MR) is 78.3 cm³/mol. The van der Waals surface area contributed by atoms with E-state index in [1.54, 1.807) is 12.5 Å². The van der Waals surface area contributed by atoms with E-state index in [4.69, 9.17) is 4.74 Å². The molecule has 1 amide bonds. The smallest absolute Gasteiger partial charge is 0.407 e. The lowest BCUT2D eigenvalue weighted by molar-refractivity contribution is 0.0519. The molecule has 6 nitrogen and oxygen atoms in total. The number of hydrogen-bond acceptors (Lipinski definition) is 4. The highest BCUT2D eigenvalue weighted by Gasteiger charge is 2.18. The van der Waals surface area contributed by atoms with Crippen LogP contribution in [0.4, 0.5) is 4.79 Å². The van der Waals surface area contributed by atoms with Crippen LogP contribution in [-0.2, 0) is 11.3 Å². The number of rotatable bonds is 6. The second-order valence-corrected chi connectivity index (χ2v) is 6.19. The molecule has 0 spiro atoms. The molecule has 114 valence electrons. The van der Waals surface area contributed by atoms with Gasteiger partial charge in [0.15, 0.2) is 0 Å². The molecule has 0 saturated carbocycles. The second kappa shape index (κ2) is 7.28. The number of imidazole rings is 1. The first-order valence-corrected chi connectivity index (χ1v) is 6.95. The van der Waals surface area contributed by atoms with Gasteiger partial charge in [-0.25, -0.2) is 9.78 Å². The van der Waals surface area contributed by atoms with Crippen LogP contribution >= 0.6 is 0 Å². The molecule has 1 rings (SSSR count). The number of carbonyl (C=O) groups excluding carboxylic acids is 1. The van der Waals surface area contributed by atoms with Crippen LogP contribution < -0.4 is 10.6 Å². The van der Waals surface area contributed by atoms with E-state index in [-0.39, 0.29) is 12.1 Å². The highest BCUT2D eigenvalue weighted by Crippen LogP contribution is 2.07. The van der Waals surface area contributed by atoms with Gasteiger partial charge in [-0.1, -0.05) is 13.8 Å². The van der Waals surface area contributed by atoms with Gasteiger partial charge < -0.3 is 20.4 Å². The number of nitrogens with zero attached hydrogens (tertiary/aromatic N) is 1. The molecule has 0 aromatic carbocycles. The van der Waals surface area contributed by atoms with E-state index >= 15 is 0 Å². The van der Waals surface area contributed by atoms with Gasteiger partial charge in [0, 0.05) is 31.0 Å². The Labute approximate surface area is 120 Å². The van der Waals surface area contributed by atoms with Gasteiger partial charge in [-0.05, 0) is 26.7 Å². The molecular formula is C14H26N4O2. The molecule has 0 fully saturated rings. The number of carbonyl (C=O) groups is 1. The Morgan fingerprint density at radius 1 is 1.45 bits per heavy atom. The quantitative estimate of drug-likeness (QED) is 0.746. The average Bonchev–Trinajstić information content (AvgIpc) is 2.78. The largest absolute Gasteiger partial charge is 0.444 e. The summed E-state index contributed by atoms with van der Waals surface area (Å²) in [7, 11) is 0. The van der Waals surface area contributed by atoms with Crippen LogP contribution in [0, 0.1) is 5.92 Å². The highest BCUT2D eigenvalue weighted by molar-refractivity contribution is 5.67. The first-order chi connectivity index (χ1) is 9.28. The number of amides is 1. The van der Waals surface area contributed by atoms with Crippen molar-refractivity contribution in [2.24, 2.45) is 5.92 Å². The maximum atomic E-state index is 11.6. The summed E-state index contributed by atoms with van der Waals surface area (Å²) in [4.78, 5) is 18.7.